The molecular formula is C20H26N10O8S2. The Bertz CT molecular complexity index is 1450. The van der Waals surface area contributed by atoms with Crippen molar-refractivity contribution in [1.29, 1.82) is 0 Å². The van der Waals surface area contributed by atoms with Crippen molar-refractivity contribution in [2.75, 3.05) is 18.8 Å². The van der Waals surface area contributed by atoms with Crippen LogP contribution in [0.3, 0.4) is 0 Å². The first-order chi connectivity index (χ1) is 19.0. The summed E-state index contributed by atoms with van der Waals surface area (Å²) in [7, 11) is -4.97. The second kappa shape index (κ2) is 10.7. The summed E-state index contributed by atoms with van der Waals surface area (Å²) in [5.41, 5.74) is 4.14. The SMILES string of the molecule is Nc1nc(C(=NOC2(C(=O)O)CC2)C(=O)N[C@@H]2C(=O)N(S(=O)(=O)O)[C@@H]2Cn2ncc(CNC3CCNC3)n2)cs1. The van der Waals surface area contributed by atoms with Crippen LogP contribution in [-0.2, 0) is 42.6 Å². The molecular weight excluding hydrogens is 572 g/mol. The van der Waals surface area contributed by atoms with Crippen molar-refractivity contribution in [3.63, 3.8) is 0 Å². The highest BCUT2D eigenvalue weighted by Gasteiger charge is 2.56. The van der Waals surface area contributed by atoms with Crippen LogP contribution < -0.4 is 21.7 Å². The number of carboxylic acid groups (broad SMARTS) is 1. The van der Waals surface area contributed by atoms with Crippen molar-refractivity contribution in [1.82, 2.24) is 40.2 Å². The summed E-state index contributed by atoms with van der Waals surface area (Å²) < 4.78 is 33.7. The summed E-state index contributed by atoms with van der Waals surface area (Å²) >= 11 is 0.983. The van der Waals surface area contributed by atoms with Crippen LogP contribution in [0, 0.1) is 0 Å². The largest absolute Gasteiger partial charge is 0.478 e. The number of hydrogen-bond donors (Lipinski definition) is 6. The van der Waals surface area contributed by atoms with Gasteiger partial charge in [-0.15, -0.1) is 11.3 Å². The lowest BCUT2D eigenvalue weighted by Crippen LogP contribution is -2.73. The van der Waals surface area contributed by atoms with E-state index in [2.05, 4.69) is 36.3 Å². The first-order valence-corrected chi connectivity index (χ1v) is 14.4. The maximum atomic E-state index is 13.2. The van der Waals surface area contributed by atoms with Gasteiger partial charge in [0.15, 0.2) is 10.8 Å². The highest BCUT2D eigenvalue weighted by atomic mass is 32.2. The molecule has 3 atom stereocenters. The fourth-order valence-corrected chi connectivity index (χ4v) is 5.71. The Hall–Kier alpha value is -3.72. The summed E-state index contributed by atoms with van der Waals surface area (Å²) in [5.74, 6) is -3.37. The number of rotatable bonds is 12. The van der Waals surface area contributed by atoms with Crippen molar-refractivity contribution in [2.45, 2.75) is 56.1 Å². The minimum atomic E-state index is -4.97. The van der Waals surface area contributed by atoms with Gasteiger partial charge in [-0.1, -0.05) is 5.16 Å². The van der Waals surface area contributed by atoms with Crippen LogP contribution in [-0.4, -0.2) is 103 Å². The molecule has 18 nitrogen and oxygen atoms in total. The summed E-state index contributed by atoms with van der Waals surface area (Å²) in [6, 6.07) is -2.43. The molecule has 4 heterocycles. The molecule has 2 saturated heterocycles. The molecule has 7 N–H and O–H groups in total. The molecule has 0 spiro atoms. The molecule has 2 amide bonds. The molecule has 0 bridgehead atoms. The summed E-state index contributed by atoms with van der Waals surface area (Å²) in [4.78, 5) is 47.6. The van der Waals surface area contributed by atoms with Crippen molar-refractivity contribution in [3.8, 4) is 0 Å². The first-order valence-electron chi connectivity index (χ1n) is 12.1. The van der Waals surface area contributed by atoms with E-state index in [9.17, 15) is 32.5 Å². The van der Waals surface area contributed by atoms with Crippen LogP contribution >= 0.6 is 11.3 Å². The zero-order chi connectivity index (χ0) is 28.7. The zero-order valence-corrected chi connectivity index (χ0v) is 22.4. The smallest absolute Gasteiger partial charge is 0.362 e. The molecule has 3 aliphatic rings. The molecule has 3 fully saturated rings. The van der Waals surface area contributed by atoms with Gasteiger partial charge in [0.05, 0.1) is 18.4 Å². The number of amides is 2. The van der Waals surface area contributed by atoms with Gasteiger partial charge in [-0.2, -0.15) is 23.4 Å². The molecule has 1 aliphatic carbocycles. The van der Waals surface area contributed by atoms with Gasteiger partial charge >= 0.3 is 16.3 Å². The minimum Gasteiger partial charge on any atom is -0.478 e. The number of hydrogen-bond acceptors (Lipinski definition) is 14. The van der Waals surface area contributed by atoms with Crippen LogP contribution in [0.4, 0.5) is 5.13 Å². The maximum absolute atomic E-state index is 13.2. The molecule has 20 heteroatoms. The number of thiazole rings is 1. The van der Waals surface area contributed by atoms with E-state index < -0.39 is 51.5 Å². The van der Waals surface area contributed by atoms with Crippen LogP contribution in [0.15, 0.2) is 16.7 Å². The fourth-order valence-electron chi connectivity index (χ4n) is 4.29. The fraction of sp³-hybridized carbons (Fsp3) is 0.550. The number of aromatic nitrogens is 4. The van der Waals surface area contributed by atoms with Crippen molar-refractivity contribution in [3.05, 3.63) is 23.0 Å². The molecule has 2 aromatic heterocycles. The van der Waals surface area contributed by atoms with Crippen LogP contribution in [0.1, 0.15) is 30.7 Å². The Kier molecular flexibility index (Phi) is 7.44. The molecule has 2 aromatic rings. The van der Waals surface area contributed by atoms with Gasteiger partial charge in [0.2, 0.25) is 5.60 Å². The molecule has 2 aliphatic heterocycles. The highest BCUT2D eigenvalue weighted by Crippen LogP contribution is 2.40. The Labute approximate surface area is 230 Å². The number of carboxylic acids is 1. The summed E-state index contributed by atoms with van der Waals surface area (Å²) in [5, 5.41) is 31.8. The van der Waals surface area contributed by atoms with E-state index in [-0.39, 0.29) is 40.6 Å². The summed E-state index contributed by atoms with van der Waals surface area (Å²) in [6.07, 6.45) is 2.80. The molecule has 5 rings (SSSR count). The van der Waals surface area contributed by atoms with E-state index in [0.717, 1.165) is 35.6 Å². The number of oxime groups is 1. The third kappa shape index (κ3) is 5.75. The van der Waals surface area contributed by atoms with Gasteiger partial charge < -0.3 is 31.6 Å². The number of aliphatic carboxylic acids is 1. The number of nitrogens with zero attached hydrogens (tertiary/aromatic N) is 6. The lowest BCUT2D eigenvalue weighted by atomic mass is 9.98. The number of nitrogens with one attached hydrogen (secondary N) is 3. The predicted octanol–water partition coefficient (Wildman–Crippen LogP) is -2.70. The van der Waals surface area contributed by atoms with E-state index in [1.807, 2.05) is 0 Å². The van der Waals surface area contributed by atoms with Gasteiger partial charge in [0.25, 0.3) is 11.8 Å². The van der Waals surface area contributed by atoms with E-state index in [4.69, 9.17) is 10.6 Å². The highest BCUT2D eigenvalue weighted by molar-refractivity contribution is 7.84. The summed E-state index contributed by atoms with van der Waals surface area (Å²) in [6.45, 7) is 1.86. The van der Waals surface area contributed by atoms with Gasteiger partial charge in [-0.25, -0.2) is 14.1 Å². The number of nitrogen functional groups attached to an aromatic ring is 1. The number of nitrogens with two attached hydrogens (primary N) is 1. The lowest BCUT2D eigenvalue weighted by Gasteiger charge is -2.43. The Morgan fingerprint density at radius 3 is 2.75 bits per heavy atom. The normalized spacial score (nSPS) is 24.0. The molecule has 40 heavy (non-hydrogen) atoms. The van der Waals surface area contributed by atoms with Gasteiger partial charge in [-0.3, -0.25) is 14.1 Å². The van der Waals surface area contributed by atoms with Crippen molar-refractivity contribution >= 4 is 50.3 Å². The Morgan fingerprint density at radius 1 is 1.38 bits per heavy atom. The van der Waals surface area contributed by atoms with Gasteiger partial charge in [0, 0.05) is 37.4 Å². The van der Waals surface area contributed by atoms with Crippen LogP contribution in [0.25, 0.3) is 0 Å². The molecule has 0 radical (unpaired) electrons. The monoisotopic (exact) mass is 598 g/mol. The second-order valence-corrected chi connectivity index (χ2v) is 11.7. The van der Waals surface area contributed by atoms with E-state index in [1.54, 1.807) is 0 Å². The zero-order valence-electron chi connectivity index (χ0n) is 20.8. The first kappa shape index (κ1) is 27.8. The molecule has 1 unspecified atom stereocenters. The molecule has 1 saturated carbocycles. The topological polar surface area (TPSA) is 256 Å². The second-order valence-electron chi connectivity index (χ2n) is 9.49. The third-order valence-electron chi connectivity index (χ3n) is 6.66. The Balaban J connectivity index is 1.32. The molecule has 0 aromatic carbocycles. The lowest BCUT2D eigenvalue weighted by molar-refractivity contribution is -0.153. The maximum Gasteiger partial charge on any atom is 0.362 e. The van der Waals surface area contributed by atoms with E-state index in [0.29, 0.717) is 12.2 Å². The van der Waals surface area contributed by atoms with Crippen molar-refractivity contribution < 1.29 is 37.3 Å². The van der Waals surface area contributed by atoms with E-state index >= 15 is 0 Å². The van der Waals surface area contributed by atoms with E-state index in [1.165, 1.54) is 11.6 Å². The third-order valence-corrected chi connectivity index (χ3v) is 8.28. The van der Waals surface area contributed by atoms with Crippen molar-refractivity contribution in [2.24, 2.45) is 5.16 Å². The Morgan fingerprint density at radius 2 is 2.15 bits per heavy atom. The average molecular weight is 599 g/mol. The number of carbonyl (C=O) groups excluding carboxylic acids is 2. The minimum absolute atomic E-state index is 0.0421. The number of β-lactam (4-membered cyclic amide) rings is 1. The molecule has 216 valence electrons. The average Bonchev–Trinajstić information content (AvgIpc) is 3.22. The van der Waals surface area contributed by atoms with Crippen LogP contribution in [0.2, 0.25) is 0 Å². The van der Waals surface area contributed by atoms with Gasteiger partial charge in [-0.05, 0) is 13.0 Å². The predicted molar refractivity (Wildman–Crippen MR) is 136 cm³/mol. The van der Waals surface area contributed by atoms with Crippen LogP contribution in [0.5, 0.6) is 0 Å². The standard InChI is InChI=1S/C20H26N10O8S2/c21-19-25-12(9-39-19)14(28-38-20(2-3-20)18(33)34)16(31)26-15-13(30(17(15)32)40(35,36)37)8-29-24-7-11(27-29)6-23-10-1-4-22-5-10/h7,9-10,13,15,22-23H,1-6,8H2,(H2,21,25)(H,26,31)(H,33,34)(H,35,36,37)/t10?,13-,15+/m1/s1. The number of carbonyl (C=O) groups is 3. The number of anilines is 1. The quantitative estimate of drug-likeness (QED) is 0.0629. The van der Waals surface area contributed by atoms with Gasteiger partial charge in [0.1, 0.15) is 17.8 Å².